The summed E-state index contributed by atoms with van der Waals surface area (Å²) in [5.41, 5.74) is 3.94. The first-order valence-electron chi connectivity index (χ1n) is 20.8. The van der Waals surface area contributed by atoms with E-state index in [9.17, 15) is 29.4 Å². The normalized spacial score (nSPS) is 18.0. The molecular formula is C46H57N5O9. The monoisotopic (exact) mass is 823 g/mol. The average Bonchev–Trinajstić information content (AvgIpc) is 3.64. The van der Waals surface area contributed by atoms with Crippen molar-refractivity contribution < 1.29 is 43.6 Å². The molecule has 3 amide bonds. The molecule has 2 unspecified atom stereocenters. The Morgan fingerprint density at radius 2 is 1.67 bits per heavy atom. The number of hydrogen-bond acceptors (Lipinski definition) is 10. The van der Waals surface area contributed by atoms with Gasteiger partial charge in [-0.3, -0.25) is 14.6 Å². The Labute approximate surface area is 351 Å². The maximum atomic E-state index is 14.6. The molecule has 1 aliphatic carbocycles. The molecule has 14 nitrogen and oxygen atoms in total. The highest BCUT2D eigenvalue weighted by Crippen LogP contribution is 2.35. The molecule has 3 heterocycles. The summed E-state index contributed by atoms with van der Waals surface area (Å²) >= 11 is 0. The van der Waals surface area contributed by atoms with E-state index in [2.05, 4.69) is 16.7 Å². The van der Waals surface area contributed by atoms with Crippen LogP contribution in [0, 0.1) is 5.92 Å². The number of rotatable bonds is 14. The zero-order chi connectivity index (χ0) is 43.3. The first-order chi connectivity index (χ1) is 28.5. The van der Waals surface area contributed by atoms with Crippen molar-refractivity contribution in [3.63, 3.8) is 0 Å². The molecule has 1 aliphatic heterocycles. The van der Waals surface area contributed by atoms with Gasteiger partial charge in [0, 0.05) is 29.6 Å². The average molecular weight is 824 g/mol. The van der Waals surface area contributed by atoms with Gasteiger partial charge in [-0.25, -0.2) is 14.6 Å². The van der Waals surface area contributed by atoms with Crippen molar-refractivity contribution in [2.45, 2.75) is 122 Å². The largest absolute Gasteiger partial charge is 0.497 e. The number of aliphatic hydroxyl groups is 1. The Hall–Kier alpha value is -5.76. The number of carboxylic acid groups (broad SMARTS) is 1. The molecule has 0 saturated carbocycles. The van der Waals surface area contributed by atoms with Crippen LogP contribution in [0.4, 0.5) is 4.79 Å². The molecule has 14 heteroatoms. The number of carboxylic acids is 1. The second kappa shape index (κ2) is 18.7. The third-order valence-corrected chi connectivity index (χ3v) is 11.0. The highest BCUT2D eigenvalue weighted by molar-refractivity contribution is 5.93. The minimum absolute atomic E-state index is 0.0141. The Morgan fingerprint density at radius 1 is 0.933 bits per heavy atom. The van der Waals surface area contributed by atoms with Crippen molar-refractivity contribution in [2.24, 2.45) is 5.92 Å². The predicted molar refractivity (Wildman–Crippen MR) is 226 cm³/mol. The van der Waals surface area contributed by atoms with E-state index < -0.39 is 59.8 Å². The predicted octanol–water partition coefficient (Wildman–Crippen LogP) is 6.80. The number of aromatic carboxylic acids is 1. The van der Waals surface area contributed by atoms with Crippen LogP contribution >= 0.6 is 0 Å². The van der Waals surface area contributed by atoms with Crippen LogP contribution < -0.4 is 20.1 Å². The number of ether oxygens (including phenoxy) is 3. The fourth-order valence-corrected chi connectivity index (χ4v) is 7.89. The van der Waals surface area contributed by atoms with Crippen molar-refractivity contribution in [1.82, 2.24) is 25.5 Å². The maximum Gasteiger partial charge on any atom is 0.408 e. The lowest BCUT2D eigenvalue weighted by atomic mass is 9.95. The van der Waals surface area contributed by atoms with E-state index in [1.807, 2.05) is 37.3 Å². The van der Waals surface area contributed by atoms with Gasteiger partial charge in [-0.15, -0.1) is 0 Å². The van der Waals surface area contributed by atoms with Gasteiger partial charge >= 0.3 is 12.1 Å². The fourth-order valence-electron chi connectivity index (χ4n) is 7.89. The van der Waals surface area contributed by atoms with Crippen molar-refractivity contribution in [2.75, 3.05) is 13.7 Å². The molecule has 320 valence electrons. The number of benzene rings is 2. The summed E-state index contributed by atoms with van der Waals surface area (Å²) in [5, 5.41) is 27.3. The molecule has 5 atom stereocenters. The molecule has 4 N–H and O–H groups in total. The molecule has 60 heavy (non-hydrogen) atoms. The van der Waals surface area contributed by atoms with E-state index in [0.717, 1.165) is 31.4 Å². The molecule has 2 aromatic carbocycles. The number of aryl methyl sites for hydroxylation is 2. The van der Waals surface area contributed by atoms with Gasteiger partial charge in [-0.2, -0.15) is 0 Å². The summed E-state index contributed by atoms with van der Waals surface area (Å²) in [6.45, 7) is 10.7. The number of hydrogen-bond donors (Lipinski definition) is 4. The number of aromatic nitrogens is 2. The van der Waals surface area contributed by atoms with Crippen LogP contribution in [0.15, 0.2) is 60.7 Å². The number of fused-ring (bicyclic) bond motifs is 2. The van der Waals surface area contributed by atoms with E-state index in [-0.39, 0.29) is 24.4 Å². The summed E-state index contributed by atoms with van der Waals surface area (Å²) in [6.07, 6.45) is 2.63. The summed E-state index contributed by atoms with van der Waals surface area (Å²) in [5.74, 6) is -1.34. The number of amides is 3. The van der Waals surface area contributed by atoms with Crippen LogP contribution in [0.5, 0.6) is 11.5 Å². The minimum Gasteiger partial charge on any atom is -0.497 e. The van der Waals surface area contributed by atoms with Crippen molar-refractivity contribution >= 4 is 34.8 Å². The molecule has 2 aliphatic rings. The number of alkyl carbamates (subject to hydrolysis) is 1. The molecule has 0 bridgehead atoms. The molecule has 0 spiro atoms. The van der Waals surface area contributed by atoms with Crippen LogP contribution in [0.2, 0.25) is 0 Å². The lowest BCUT2D eigenvalue weighted by Crippen LogP contribution is -2.56. The molecule has 6 rings (SSSR count). The van der Waals surface area contributed by atoms with Crippen LogP contribution in [0.25, 0.3) is 22.3 Å². The molecule has 4 aromatic rings. The highest BCUT2D eigenvalue weighted by Gasteiger charge is 2.45. The molecule has 1 fully saturated rings. The second-order valence-corrected chi connectivity index (χ2v) is 17.0. The standard InChI is InChI=1S/C46H57N5O9/c1-8-11-35(41(52)28-14-16-29(17-15-28)44(55)56)49-42(53)38-23-31(25-51(38)43(54)40(26(2)3)50-45(57)60-46(4,5)6)59-39-24-37(48-36-22-30(58-7)19-20-32(36)39)34-21-18-27-12-9-10-13-33(27)47-34/h14-22,24,26,31,35,38,40-41,52H,8-13,23,25H2,1-7H3,(H,49,53)(H,50,57)(H,55,56)/t31-,35?,38+,40+,41?/m1/s1. The van der Waals surface area contributed by atoms with Crippen LogP contribution in [0.1, 0.15) is 107 Å². The topological polar surface area (TPSA) is 190 Å². The maximum absolute atomic E-state index is 14.6. The minimum atomic E-state index is -1.16. The van der Waals surface area contributed by atoms with Gasteiger partial charge in [0.25, 0.3) is 0 Å². The van der Waals surface area contributed by atoms with Gasteiger partial charge in [0.05, 0.1) is 48.3 Å². The van der Waals surface area contributed by atoms with Crippen molar-refractivity contribution in [3.05, 3.63) is 83.0 Å². The number of aliphatic hydroxyl groups excluding tert-OH is 1. The van der Waals surface area contributed by atoms with E-state index in [1.165, 1.54) is 34.7 Å². The van der Waals surface area contributed by atoms with Crippen LogP contribution in [-0.4, -0.2) is 92.4 Å². The Bertz CT molecular complexity index is 2200. The van der Waals surface area contributed by atoms with E-state index in [1.54, 1.807) is 41.7 Å². The van der Waals surface area contributed by atoms with Gasteiger partial charge < -0.3 is 40.0 Å². The lowest BCUT2D eigenvalue weighted by molar-refractivity contribution is -0.141. The number of carbonyl (C=O) groups excluding carboxylic acids is 3. The molecule has 1 saturated heterocycles. The van der Waals surface area contributed by atoms with Gasteiger partial charge in [-0.05, 0) is 100 Å². The summed E-state index contributed by atoms with van der Waals surface area (Å²) in [4.78, 5) is 64.9. The second-order valence-electron chi connectivity index (χ2n) is 17.0. The number of nitrogens with zero attached hydrogens (tertiary/aromatic N) is 3. The molecular weight excluding hydrogens is 767 g/mol. The van der Waals surface area contributed by atoms with Crippen molar-refractivity contribution in [1.29, 1.82) is 0 Å². The zero-order valence-corrected chi connectivity index (χ0v) is 35.5. The van der Waals surface area contributed by atoms with E-state index in [0.29, 0.717) is 52.2 Å². The van der Waals surface area contributed by atoms with E-state index in [4.69, 9.17) is 24.2 Å². The fraction of sp³-hybridized carbons (Fsp3) is 0.478. The SMILES string of the molecule is CCCC(NC(=O)[C@@H]1C[C@@H](Oc2cc(-c3ccc4c(n3)CCCC4)nc3cc(OC)ccc23)CN1C(=O)[C@@H](NC(=O)OC(C)(C)C)C(C)C)C(O)c1ccc(C(=O)O)cc1. The smallest absolute Gasteiger partial charge is 0.408 e. The lowest BCUT2D eigenvalue weighted by Gasteiger charge is -2.32. The summed E-state index contributed by atoms with van der Waals surface area (Å²) in [6, 6.07) is 14.5. The molecule has 0 radical (unpaired) electrons. The Morgan fingerprint density at radius 3 is 2.33 bits per heavy atom. The van der Waals surface area contributed by atoms with Crippen LogP contribution in [-0.2, 0) is 27.2 Å². The number of likely N-dealkylation sites (tertiary alicyclic amines) is 1. The van der Waals surface area contributed by atoms with Gasteiger partial charge in [0.2, 0.25) is 11.8 Å². The Kier molecular flexibility index (Phi) is 13.6. The number of pyridine rings is 2. The molecule has 2 aromatic heterocycles. The van der Waals surface area contributed by atoms with Gasteiger partial charge in [-0.1, -0.05) is 45.4 Å². The first-order valence-corrected chi connectivity index (χ1v) is 20.8. The quantitative estimate of drug-likeness (QED) is 0.105. The summed E-state index contributed by atoms with van der Waals surface area (Å²) in [7, 11) is 1.59. The van der Waals surface area contributed by atoms with E-state index >= 15 is 0 Å². The first kappa shape index (κ1) is 43.8. The zero-order valence-electron chi connectivity index (χ0n) is 35.5. The number of nitrogens with one attached hydrogen (secondary N) is 2. The van der Waals surface area contributed by atoms with Crippen molar-refractivity contribution in [3.8, 4) is 22.9 Å². The number of carbonyl (C=O) groups is 4. The van der Waals surface area contributed by atoms with Gasteiger partial charge in [0.15, 0.2) is 0 Å². The Balaban J connectivity index is 1.34. The number of methoxy groups -OCH3 is 1. The third-order valence-electron chi connectivity index (χ3n) is 11.0. The third kappa shape index (κ3) is 10.3. The highest BCUT2D eigenvalue weighted by atomic mass is 16.6. The van der Waals surface area contributed by atoms with Gasteiger partial charge in [0.1, 0.15) is 35.3 Å². The van der Waals surface area contributed by atoms with Crippen LogP contribution in [0.3, 0.4) is 0 Å². The summed E-state index contributed by atoms with van der Waals surface area (Å²) < 4.78 is 17.8.